The van der Waals surface area contributed by atoms with Crippen molar-refractivity contribution in [1.82, 2.24) is 4.90 Å². The molecule has 0 N–H and O–H groups in total. The predicted octanol–water partition coefficient (Wildman–Crippen LogP) is 3.93. The maximum atomic E-state index is 13.0. The highest BCUT2D eigenvalue weighted by atomic mass is 16.5. The Bertz CT molecular complexity index is 1140. The fraction of sp³-hybridized carbons (Fsp3) is 0.370. The molecule has 5 aliphatic rings. The minimum absolute atomic E-state index is 0.157. The van der Waals surface area contributed by atoms with Crippen molar-refractivity contribution in [2.75, 3.05) is 6.54 Å². The van der Waals surface area contributed by atoms with Gasteiger partial charge in [-0.05, 0) is 72.8 Å². The zero-order valence-electron chi connectivity index (χ0n) is 18.2. The van der Waals surface area contributed by atoms with Crippen LogP contribution in [0, 0.1) is 49.4 Å². The predicted molar refractivity (Wildman–Crippen MR) is 118 cm³/mol. The zero-order valence-corrected chi connectivity index (χ0v) is 18.2. The van der Waals surface area contributed by atoms with Crippen molar-refractivity contribution in [1.29, 1.82) is 0 Å². The lowest BCUT2D eigenvalue weighted by atomic mass is 9.63. The average Bonchev–Trinajstić information content (AvgIpc) is 3.57. The second-order valence-electron chi connectivity index (χ2n) is 9.74. The van der Waals surface area contributed by atoms with Gasteiger partial charge in [-0.3, -0.25) is 14.5 Å². The molecular formula is C27H25NO4. The molecule has 0 aromatic heterocycles. The van der Waals surface area contributed by atoms with Gasteiger partial charge in [-0.1, -0.05) is 48.0 Å². The van der Waals surface area contributed by atoms with E-state index in [0.717, 1.165) is 28.0 Å². The highest BCUT2D eigenvalue weighted by Crippen LogP contribution is 2.65. The molecule has 1 saturated heterocycles. The van der Waals surface area contributed by atoms with Gasteiger partial charge in [-0.15, -0.1) is 0 Å². The van der Waals surface area contributed by atoms with Crippen LogP contribution in [0.4, 0.5) is 0 Å². The summed E-state index contributed by atoms with van der Waals surface area (Å²) in [5, 5.41) is 0. The van der Waals surface area contributed by atoms with Crippen LogP contribution >= 0.6 is 0 Å². The maximum absolute atomic E-state index is 13.0. The van der Waals surface area contributed by atoms with Gasteiger partial charge in [-0.2, -0.15) is 0 Å². The Hall–Kier alpha value is -3.21. The van der Waals surface area contributed by atoms with Crippen molar-refractivity contribution in [3.63, 3.8) is 0 Å². The molecule has 2 aromatic rings. The Kier molecular flexibility index (Phi) is 4.19. The first kappa shape index (κ1) is 19.5. The van der Waals surface area contributed by atoms with Crippen LogP contribution in [0.3, 0.4) is 0 Å². The molecule has 0 spiro atoms. The molecule has 5 heteroatoms. The smallest absolute Gasteiger partial charge is 0.331 e. The van der Waals surface area contributed by atoms with Gasteiger partial charge in [0.25, 0.3) is 0 Å². The number of rotatable bonds is 4. The van der Waals surface area contributed by atoms with Crippen molar-refractivity contribution < 1.29 is 19.1 Å². The number of imide groups is 1. The minimum Gasteiger partial charge on any atom is -0.425 e. The number of ether oxygens (including phenoxy) is 1. The first-order valence-electron chi connectivity index (χ1n) is 11.3. The van der Waals surface area contributed by atoms with Gasteiger partial charge in [0.15, 0.2) is 0 Å². The van der Waals surface area contributed by atoms with Gasteiger partial charge in [-0.25, -0.2) is 4.79 Å². The monoisotopic (exact) mass is 427 g/mol. The van der Waals surface area contributed by atoms with Gasteiger partial charge in [0.1, 0.15) is 12.3 Å². The lowest BCUT2D eigenvalue weighted by Crippen LogP contribution is -2.40. The van der Waals surface area contributed by atoms with Crippen molar-refractivity contribution in [2.24, 2.45) is 35.5 Å². The second kappa shape index (κ2) is 6.89. The molecule has 0 radical (unpaired) electrons. The highest BCUT2D eigenvalue weighted by molar-refractivity contribution is 6.08. The summed E-state index contributed by atoms with van der Waals surface area (Å²) in [6.45, 7) is 3.61. The van der Waals surface area contributed by atoms with Crippen LogP contribution in [-0.2, 0) is 14.4 Å². The number of hydrogen-bond acceptors (Lipinski definition) is 4. The Labute approximate surface area is 187 Å². The van der Waals surface area contributed by atoms with E-state index in [4.69, 9.17) is 4.74 Å². The van der Waals surface area contributed by atoms with E-state index < -0.39 is 5.97 Å². The van der Waals surface area contributed by atoms with Crippen LogP contribution in [0.15, 0.2) is 54.6 Å². The second-order valence-corrected chi connectivity index (χ2v) is 9.74. The third-order valence-electron chi connectivity index (χ3n) is 7.82. The van der Waals surface area contributed by atoms with Gasteiger partial charge >= 0.3 is 5.97 Å². The number of carbonyl (C=O) groups is 3. The molecule has 3 fully saturated rings. The molecule has 162 valence electrons. The zero-order chi connectivity index (χ0) is 22.1. The number of benzene rings is 2. The number of allylic oxidation sites excluding steroid dienone is 2. The van der Waals surface area contributed by atoms with E-state index >= 15 is 0 Å². The number of carbonyl (C=O) groups excluding carboxylic acids is 3. The molecule has 4 aliphatic carbocycles. The Balaban J connectivity index is 1.16. The fourth-order valence-corrected chi connectivity index (χ4v) is 6.15. The molecule has 2 saturated carbocycles. The molecule has 5 nitrogen and oxygen atoms in total. The first-order chi connectivity index (χ1) is 15.4. The number of likely N-dealkylation sites (tertiary alicyclic amines) is 1. The third kappa shape index (κ3) is 2.87. The van der Waals surface area contributed by atoms with Gasteiger partial charge in [0.2, 0.25) is 11.8 Å². The van der Waals surface area contributed by atoms with Crippen LogP contribution in [0.1, 0.15) is 17.5 Å². The summed E-state index contributed by atoms with van der Waals surface area (Å²) < 4.78 is 5.57. The maximum Gasteiger partial charge on any atom is 0.331 e. The molecule has 7 rings (SSSR count). The molecule has 32 heavy (non-hydrogen) atoms. The van der Waals surface area contributed by atoms with Gasteiger partial charge < -0.3 is 4.74 Å². The highest BCUT2D eigenvalue weighted by Gasteiger charge is 2.67. The van der Waals surface area contributed by atoms with Crippen LogP contribution in [0.25, 0.3) is 11.1 Å². The van der Waals surface area contributed by atoms with E-state index in [-0.39, 0.29) is 42.0 Å². The van der Waals surface area contributed by atoms with E-state index in [0.29, 0.717) is 17.6 Å². The molecule has 2 amide bonds. The van der Waals surface area contributed by atoms with E-state index in [2.05, 4.69) is 36.4 Å². The number of amides is 2. The lowest BCUT2D eigenvalue weighted by molar-refractivity contribution is -0.148. The third-order valence-corrected chi connectivity index (χ3v) is 7.82. The summed E-state index contributed by atoms with van der Waals surface area (Å²) in [5.74, 6) is 0.296. The van der Waals surface area contributed by atoms with Crippen molar-refractivity contribution >= 4 is 17.8 Å². The summed E-state index contributed by atoms with van der Waals surface area (Å²) in [6, 6.07) is 13.9. The molecule has 6 atom stereocenters. The van der Waals surface area contributed by atoms with Crippen LogP contribution in [0.5, 0.6) is 5.75 Å². The summed E-state index contributed by atoms with van der Waals surface area (Å²) in [4.78, 5) is 39.9. The van der Waals surface area contributed by atoms with Crippen LogP contribution < -0.4 is 4.74 Å². The molecule has 2 bridgehead atoms. The van der Waals surface area contributed by atoms with E-state index in [1.54, 1.807) is 6.07 Å². The van der Waals surface area contributed by atoms with Crippen LogP contribution in [0.2, 0.25) is 0 Å². The molecule has 2 aromatic carbocycles. The topological polar surface area (TPSA) is 63.7 Å². The van der Waals surface area contributed by atoms with Gasteiger partial charge in [0, 0.05) is 0 Å². The van der Waals surface area contributed by atoms with Crippen molar-refractivity contribution in [3.05, 3.63) is 65.7 Å². The van der Waals surface area contributed by atoms with Crippen LogP contribution in [-0.4, -0.2) is 29.2 Å². The Morgan fingerprint density at radius 2 is 1.50 bits per heavy atom. The number of esters is 1. The number of nitrogens with zero attached hydrogens (tertiary/aromatic N) is 1. The molecular weight excluding hydrogens is 402 g/mol. The quantitative estimate of drug-likeness (QED) is 0.321. The lowest BCUT2D eigenvalue weighted by Gasteiger charge is -2.37. The van der Waals surface area contributed by atoms with Crippen molar-refractivity contribution in [2.45, 2.75) is 20.3 Å². The standard InChI is InChI=1S/C27H25NO4/c1-14-3-5-16(6-4-14)17-7-10-22(15(2)11-17)32-23(29)13-28-26(30)24-18-8-9-19(21-12-20(18)21)25(24)27(28)31/h3-11,18-21,24-25H,12-13H2,1-2H3/t18-,19-,20-,21-,24-,25+/m0/s1. The number of hydrogen-bond donors (Lipinski definition) is 0. The van der Waals surface area contributed by atoms with E-state index in [1.165, 1.54) is 5.56 Å². The first-order valence-corrected chi connectivity index (χ1v) is 11.3. The normalized spacial score (nSPS) is 31.5. The molecule has 1 heterocycles. The Morgan fingerprint density at radius 3 is 2.09 bits per heavy atom. The van der Waals surface area contributed by atoms with Crippen molar-refractivity contribution in [3.8, 4) is 16.9 Å². The summed E-state index contributed by atoms with van der Waals surface area (Å²) in [5.41, 5.74) is 4.15. The summed E-state index contributed by atoms with van der Waals surface area (Å²) >= 11 is 0. The summed E-state index contributed by atoms with van der Waals surface area (Å²) in [7, 11) is 0. The Morgan fingerprint density at radius 1 is 0.906 bits per heavy atom. The summed E-state index contributed by atoms with van der Waals surface area (Å²) in [6.07, 6.45) is 5.38. The SMILES string of the molecule is Cc1ccc(-c2ccc(OC(=O)CN3C(=O)[C@@H]4[C@H]5C=C[C@@H]([C@@H]6C[C@@H]56)[C@@H]4C3=O)c(C)c2)cc1. The van der Waals surface area contributed by atoms with E-state index in [1.807, 2.05) is 26.0 Å². The minimum atomic E-state index is -0.581. The number of aryl methyl sites for hydroxylation is 2. The van der Waals surface area contributed by atoms with Gasteiger partial charge in [0.05, 0.1) is 11.8 Å². The van der Waals surface area contributed by atoms with E-state index in [9.17, 15) is 14.4 Å². The molecule has 0 unspecified atom stereocenters. The molecule has 1 aliphatic heterocycles. The average molecular weight is 428 g/mol. The fourth-order valence-electron chi connectivity index (χ4n) is 6.15. The largest absolute Gasteiger partial charge is 0.425 e.